The Morgan fingerprint density at radius 1 is 1.27 bits per heavy atom. The van der Waals surface area contributed by atoms with E-state index in [9.17, 15) is 9.59 Å². The van der Waals surface area contributed by atoms with Crippen LogP contribution in [-0.2, 0) is 13.6 Å². The lowest BCUT2D eigenvalue weighted by Gasteiger charge is -2.24. The maximum Gasteiger partial charge on any atom is 0.333 e. The summed E-state index contributed by atoms with van der Waals surface area (Å²) in [6, 6.07) is 0.142. The van der Waals surface area contributed by atoms with Crippen LogP contribution in [0.25, 0.3) is 11.2 Å². The van der Waals surface area contributed by atoms with Gasteiger partial charge in [0, 0.05) is 19.6 Å². The lowest BCUT2D eigenvalue weighted by atomic mass is 9.95. The molecule has 2 aromatic heterocycles. The minimum absolute atomic E-state index is 0.142. The fraction of sp³-hybridized carbons (Fsp3) is 0.667. The van der Waals surface area contributed by atoms with Crippen molar-refractivity contribution >= 4 is 11.2 Å². The second-order valence-corrected chi connectivity index (χ2v) is 6.07. The number of nitrogens with two attached hydrogens (primary N) is 1. The summed E-state index contributed by atoms with van der Waals surface area (Å²) in [5.41, 5.74) is 6.06. The predicted octanol–water partition coefficient (Wildman–Crippen LogP) is 0.751. The summed E-state index contributed by atoms with van der Waals surface area (Å²) in [5.74, 6) is 0. The van der Waals surface area contributed by atoms with Crippen molar-refractivity contribution in [3.8, 4) is 0 Å². The van der Waals surface area contributed by atoms with Gasteiger partial charge < -0.3 is 10.3 Å². The minimum atomic E-state index is -0.263. The Morgan fingerprint density at radius 3 is 2.68 bits per heavy atom. The van der Waals surface area contributed by atoms with E-state index in [0.29, 0.717) is 30.7 Å². The Bertz CT molecular complexity index is 780. The molecule has 3 rings (SSSR count). The van der Waals surface area contributed by atoms with Crippen molar-refractivity contribution in [3.63, 3.8) is 0 Å². The third-order valence-corrected chi connectivity index (χ3v) is 4.56. The molecule has 0 bridgehead atoms. The van der Waals surface area contributed by atoms with Crippen molar-refractivity contribution in [3.05, 3.63) is 27.2 Å². The first-order valence-corrected chi connectivity index (χ1v) is 8.01. The van der Waals surface area contributed by atoms with Gasteiger partial charge in [0.05, 0.1) is 6.33 Å². The van der Waals surface area contributed by atoms with Crippen LogP contribution in [0.5, 0.6) is 0 Å². The maximum atomic E-state index is 12.9. The summed E-state index contributed by atoms with van der Waals surface area (Å²) in [5, 5.41) is 0. The van der Waals surface area contributed by atoms with Gasteiger partial charge in [-0.05, 0) is 25.8 Å². The molecular weight excluding hydrogens is 282 g/mol. The minimum Gasteiger partial charge on any atom is -0.330 e. The van der Waals surface area contributed by atoms with Crippen LogP contribution < -0.4 is 17.0 Å². The highest BCUT2D eigenvalue weighted by Gasteiger charge is 2.23. The monoisotopic (exact) mass is 305 g/mol. The maximum absolute atomic E-state index is 12.9. The van der Waals surface area contributed by atoms with E-state index < -0.39 is 0 Å². The van der Waals surface area contributed by atoms with Crippen LogP contribution in [0.3, 0.4) is 0 Å². The van der Waals surface area contributed by atoms with E-state index in [1.54, 1.807) is 22.5 Å². The van der Waals surface area contributed by atoms with Gasteiger partial charge in [-0.25, -0.2) is 9.78 Å². The molecule has 0 atom stereocenters. The summed E-state index contributed by atoms with van der Waals surface area (Å²) < 4.78 is 4.77. The van der Waals surface area contributed by atoms with Crippen LogP contribution in [0.4, 0.5) is 0 Å². The highest BCUT2D eigenvalue weighted by molar-refractivity contribution is 5.70. The third kappa shape index (κ3) is 2.39. The smallest absolute Gasteiger partial charge is 0.330 e. The Morgan fingerprint density at radius 2 is 2.00 bits per heavy atom. The summed E-state index contributed by atoms with van der Waals surface area (Å²) >= 11 is 0. The van der Waals surface area contributed by atoms with Gasteiger partial charge >= 0.3 is 5.69 Å². The van der Waals surface area contributed by atoms with Crippen LogP contribution >= 0.6 is 0 Å². The summed E-state index contributed by atoms with van der Waals surface area (Å²) in [7, 11) is 1.79. The van der Waals surface area contributed by atoms with Gasteiger partial charge in [-0.2, -0.15) is 0 Å². The van der Waals surface area contributed by atoms with E-state index in [2.05, 4.69) is 4.98 Å². The molecule has 1 aliphatic rings. The molecule has 7 nitrogen and oxygen atoms in total. The zero-order chi connectivity index (χ0) is 15.7. The Kier molecular flexibility index (Phi) is 4.15. The first-order valence-electron chi connectivity index (χ1n) is 8.01. The van der Waals surface area contributed by atoms with Gasteiger partial charge in [0.1, 0.15) is 0 Å². The van der Waals surface area contributed by atoms with Crippen molar-refractivity contribution in [2.24, 2.45) is 12.8 Å². The van der Waals surface area contributed by atoms with Crippen molar-refractivity contribution < 1.29 is 0 Å². The normalized spacial score (nSPS) is 16.5. The molecule has 120 valence electrons. The average Bonchev–Trinajstić information content (AvgIpc) is 2.90. The molecule has 1 fully saturated rings. The lowest BCUT2D eigenvalue weighted by Crippen LogP contribution is -2.42. The van der Waals surface area contributed by atoms with Crippen molar-refractivity contribution in [2.45, 2.75) is 51.1 Å². The summed E-state index contributed by atoms with van der Waals surface area (Å²) in [6.45, 7) is 0.820. The highest BCUT2D eigenvalue weighted by atomic mass is 16.2. The highest BCUT2D eigenvalue weighted by Crippen LogP contribution is 2.28. The fourth-order valence-corrected chi connectivity index (χ4v) is 3.39. The van der Waals surface area contributed by atoms with Crippen LogP contribution in [0.2, 0.25) is 0 Å². The second-order valence-electron chi connectivity index (χ2n) is 6.07. The molecule has 0 aromatic carbocycles. The molecule has 0 unspecified atom stereocenters. The van der Waals surface area contributed by atoms with E-state index in [0.717, 1.165) is 25.7 Å². The van der Waals surface area contributed by atoms with E-state index in [4.69, 9.17) is 5.73 Å². The number of imidazole rings is 1. The largest absolute Gasteiger partial charge is 0.333 e. The van der Waals surface area contributed by atoms with Crippen LogP contribution in [0.15, 0.2) is 15.9 Å². The molecule has 7 heteroatoms. The Balaban J connectivity index is 2.24. The molecule has 1 aliphatic carbocycles. The van der Waals surface area contributed by atoms with Crippen molar-refractivity contribution in [1.82, 2.24) is 18.7 Å². The average molecular weight is 305 g/mol. The summed E-state index contributed by atoms with van der Waals surface area (Å²) in [4.78, 5) is 29.8. The zero-order valence-corrected chi connectivity index (χ0v) is 13.0. The number of nitrogens with zero attached hydrogens (tertiary/aromatic N) is 4. The standard InChI is InChI=1S/C15H23N5O2/c1-18-10-17-13-12(18)14(21)19(9-5-8-16)15(22)20(13)11-6-3-2-4-7-11/h10-11H,2-9,16H2,1H3. The topological polar surface area (TPSA) is 87.8 Å². The van der Waals surface area contributed by atoms with Gasteiger partial charge in [-0.15, -0.1) is 0 Å². The third-order valence-electron chi connectivity index (χ3n) is 4.56. The molecule has 0 saturated heterocycles. The molecule has 2 N–H and O–H groups in total. The molecule has 1 saturated carbocycles. The molecule has 0 radical (unpaired) electrons. The van der Waals surface area contributed by atoms with Gasteiger partial charge in [-0.1, -0.05) is 19.3 Å². The first-order chi connectivity index (χ1) is 10.6. The molecule has 0 aliphatic heterocycles. The predicted molar refractivity (Wildman–Crippen MR) is 85.0 cm³/mol. The molecule has 22 heavy (non-hydrogen) atoms. The van der Waals surface area contributed by atoms with Gasteiger partial charge in [-0.3, -0.25) is 13.9 Å². The van der Waals surface area contributed by atoms with E-state index >= 15 is 0 Å². The van der Waals surface area contributed by atoms with E-state index in [-0.39, 0.29) is 17.3 Å². The second kappa shape index (κ2) is 6.08. The van der Waals surface area contributed by atoms with Gasteiger partial charge in [0.25, 0.3) is 5.56 Å². The quantitative estimate of drug-likeness (QED) is 0.903. The molecule has 0 spiro atoms. The number of aromatic nitrogens is 4. The molecule has 2 aromatic rings. The molecule has 0 amide bonds. The van der Waals surface area contributed by atoms with E-state index in [1.807, 2.05) is 0 Å². The van der Waals surface area contributed by atoms with Crippen LogP contribution in [0.1, 0.15) is 44.6 Å². The number of hydrogen-bond donors (Lipinski definition) is 1. The number of hydrogen-bond acceptors (Lipinski definition) is 4. The molecule has 2 heterocycles. The van der Waals surface area contributed by atoms with Gasteiger partial charge in [0.2, 0.25) is 0 Å². The van der Waals surface area contributed by atoms with Crippen molar-refractivity contribution in [1.29, 1.82) is 0 Å². The Hall–Kier alpha value is -1.89. The van der Waals surface area contributed by atoms with Crippen molar-refractivity contribution in [2.75, 3.05) is 6.54 Å². The SMILES string of the molecule is Cn1cnc2c1c(=O)n(CCCN)c(=O)n2C1CCCCC1. The first kappa shape index (κ1) is 15.0. The van der Waals surface area contributed by atoms with Crippen LogP contribution in [-0.4, -0.2) is 25.2 Å². The van der Waals surface area contributed by atoms with Gasteiger partial charge in [0.15, 0.2) is 11.2 Å². The zero-order valence-electron chi connectivity index (χ0n) is 13.0. The summed E-state index contributed by atoms with van der Waals surface area (Å²) in [6.07, 6.45) is 7.62. The molecular formula is C15H23N5O2. The Labute approximate surface area is 128 Å². The van der Waals surface area contributed by atoms with E-state index in [1.165, 1.54) is 11.0 Å². The van der Waals surface area contributed by atoms with Crippen LogP contribution in [0, 0.1) is 0 Å². The fourth-order valence-electron chi connectivity index (χ4n) is 3.39. The number of fused-ring (bicyclic) bond motifs is 1. The lowest BCUT2D eigenvalue weighted by molar-refractivity contribution is 0.341. The number of aryl methyl sites for hydroxylation is 1. The number of rotatable bonds is 4.